The molecule has 1 amide bonds. The number of amides is 1. The summed E-state index contributed by atoms with van der Waals surface area (Å²) in [7, 11) is -2.19. The van der Waals surface area contributed by atoms with Gasteiger partial charge in [-0.15, -0.1) is 0 Å². The second-order valence-corrected chi connectivity index (χ2v) is 22.5. The molecule has 312 valence electrons. The van der Waals surface area contributed by atoms with Crippen molar-refractivity contribution < 1.29 is 24.2 Å². The molecule has 11 heteroatoms. The second kappa shape index (κ2) is 18.1. The van der Waals surface area contributed by atoms with Crippen LogP contribution in [0.25, 0.3) is 22.0 Å². The Balaban J connectivity index is 0.974. The molecule has 0 aliphatic carbocycles. The number of hydrogen-bond donors (Lipinski definition) is 4. The van der Waals surface area contributed by atoms with Gasteiger partial charge in [0.2, 0.25) is 5.56 Å². The van der Waals surface area contributed by atoms with Gasteiger partial charge in [-0.3, -0.25) is 9.69 Å². The largest absolute Gasteiger partial charge is 0.506 e. The van der Waals surface area contributed by atoms with Crippen LogP contribution in [0.1, 0.15) is 62.8 Å². The molecular weight excluding hydrogens is 757 g/mol. The standard InChI is InChI=1S/C48H60N4O6Si/c1-48(2,3)59(4,5)58-44(39-18-20-43(53)46-40(39)19-21-45(54)50-46)31-49-25-22-34-11-9-15-37(29-34)57-28-10-12-33-16-17-38(35-13-7-6-8-14-35)41(30-33)52(47(55)56)42-32-51-26-23-36(42)24-27-51/h6-9,11,13-21,29-30,36,42,44,49,53H,10,12,22-28,31-32H2,1-5H3,(H,50,54)(H,55,56)/t42-,44+/m0/s1. The van der Waals surface area contributed by atoms with E-state index in [1.807, 2.05) is 36.4 Å². The summed E-state index contributed by atoms with van der Waals surface area (Å²) in [5.41, 5.74) is 6.08. The molecule has 0 unspecified atom stereocenters. The summed E-state index contributed by atoms with van der Waals surface area (Å²) in [6.45, 7) is 15.9. The topological polar surface area (TPSA) is 127 Å². The van der Waals surface area contributed by atoms with Crippen molar-refractivity contribution >= 4 is 31.0 Å². The molecule has 1 aromatic heterocycles. The lowest BCUT2D eigenvalue weighted by Gasteiger charge is -2.48. The van der Waals surface area contributed by atoms with Gasteiger partial charge < -0.3 is 34.6 Å². The summed E-state index contributed by atoms with van der Waals surface area (Å²) >= 11 is 0. The number of rotatable bonds is 16. The quantitative estimate of drug-likeness (QED) is 0.0574. The summed E-state index contributed by atoms with van der Waals surface area (Å²) in [6, 6.07) is 31.4. The average molecular weight is 817 g/mol. The minimum absolute atomic E-state index is 0.00289. The van der Waals surface area contributed by atoms with Gasteiger partial charge in [-0.2, -0.15) is 0 Å². The molecule has 59 heavy (non-hydrogen) atoms. The van der Waals surface area contributed by atoms with E-state index in [-0.39, 0.29) is 28.5 Å². The van der Waals surface area contributed by atoms with Crippen molar-refractivity contribution in [2.24, 2.45) is 5.92 Å². The van der Waals surface area contributed by atoms with Crippen LogP contribution in [0, 0.1) is 5.92 Å². The van der Waals surface area contributed by atoms with E-state index >= 15 is 0 Å². The van der Waals surface area contributed by atoms with Crippen LogP contribution in [0.15, 0.2) is 102 Å². The van der Waals surface area contributed by atoms with E-state index in [0.717, 1.165) is 103 Å². The third kappa shape index (κ3) is 9.92. The number of aromatic hydroxyl groups is 1. The number of hydrogen-bond acceptors (Lipinski definition) is 7. The number of carbonyl (C=O) groups is 1. The normalized spacial score (nSPS) is 18.5. The van der Waals surface area contributed by atoms with Crippen LogP contribution in [-0.4, -0.2) is 79.9 Å². The van der Waals surface area contributed by atoms with Gasteiger partial charge in [0, 0.05) is 30.1 Å². The number of benzene rings is 4. The molecule has 3 fully saturated rings. The van der Waals surface area contributed by atoms with Gasteiger partial charge in [0.1, 0.15) is 11.5 Å². The summed E-state index contributed by atoms with van der Waals surface area (Å²) in [5, 5.41) is 25.6. The Hall–Kier alpha value is -4.94. The van der Waals surface area contributed by atoms with Crippen LogP contribution in [0.2, 0.25) is 18.1 Å². The number of pyridine rings is 1. The van der Waals surface area contributed by atoms with Crippen LogP contribution >= 0.6 is 0 Å². The van der Waals surface area contributed by atoms with Crippen LogP contribution in [0.4, 0.5) is 10.5 Å². The van der Waals surface area contributed by atoms with Crippen molar-refractivity contribution in [3.63, 3.8) is 0 Å². The van der Waals surface area contributed by atoms with Crippen molar-refractivity contribution in [1.82, 2.24) is 15.2 Å². The summed E-state index contributed by atoms with van der Waals surface area (Å²) in [6.07, 6.45) is 3.27. The molecule has 4 heterocycles. The maximum absolute atomic E-state index is 13.0. The number of anilines is 1. The maximum Gasteiger partial charge on any atom is 0.412 e. The number of aryl methyl sites for hydroxylation is 1. The first kappa shape index (κ1) is 42.2. The predicted octanol–water partition coefficient (Wildman–Crippen LogP) is 9.39. The zero-order valence-electron chi connectivity index (χ0n) is 35.2. The van der Waals surface area contributed by atoms with E-state index < -0.39 is 14.4 Å². The van der Waals surface area contributed by atoms with Crippen molar-refractivity contribution in [3.05, 3.63) is 124 Å². The van der Waals surface area contributed by atoms with Gasteiger partial charge >= 0.3 is 6.09 Å². The van der Waals surface area contributed by atoms with Gasteiger partial charge in [-0.05, 0) is 128 Å². The van der Waals surface area contributed by atoms with Gasteiger partial charge in [0.05, 0.1) is 30.0 Å². The lowest BCUT2D eigenvalue weighted by molar-refractivity contribution is 0.0837. The maximum atomic E-state index is 13.0. The number of aromatic amines is 1. The predicted molar refractivity (Wildman–Crippen MR) is 239 cm³/mol. The molecule has 0 radical (unpaired) electrons. The Morgan fingerprint density at radius 3 is 2.42 bits per heavy atom. The number of nitrogens with zero attached hydrogens (tertiary/aromatic N) is 2. The molecule has 0 spiro atoms. The van der Waals surface area contributed by atoms with Gasteiger partial charge in [-0.25, -0.2) is 4.79 Å². The Morgan fingerprint density at radius 1 is 0.949 bits per heavy atom. The summed E-state index contributed by atoms with van der Waals surface area (Å²) in [4.78, 5) is 32.0. The highest BCUT2D eigenvalue weighted by Crippen LogP contribution is 2.42. The lowest BCUT2D eigenvalue weighted by atomic mass is 9.82. The molecule has 3 aliphatic rings. The monoisotopic (exact) mass is 816 g/mol. The van der Waals surface area contributed by atoms with E-state index in [9.17, 15) is 19.8 Å². The fourth-order valence-electron chi connectivity index (χ4n) is 8.45. The smallest absolute Gasteiger partial charge is 0.412 e. The highest BCUT2D eigenvalue weighted by Gasteiger charge is 2.41. The van der Waals surface area contributed by atoms with Crippen LogP contribution in [-0.2, 0) is 17.3 Å². The number of carboxylic acid groups (broad SMARTS) is 1. The number of phenols is 1. The molecule has 10 nitrogen and oxygen atoms in total. The minimum Gasteiger partial charge on any atom is -0.506 e. The average Bonchev–Trinajstić information content (AvgIpc) is 3.21. The molecule has 3 aliphatic heterocycles. The van der Waals surface area contributed by atoms with Crippen LogP contribution in [0.5, 0.6) is 11.5 Å². The number of ether oxygens (including phenoxy) is 1. The molecule has 4 aromatic carbocycles. The Labute approximate surface area is 349 Å². The van der Waals surface area contributed by atoms with Crippen molar-refractivity contribution in [2.75, 3.05) is 44.2 Å². The minimum atomic E-state index is -2.19. The number of nitrogens with one attached hydrogen (secondary N) is 2. The number of H-pyrrole nitrogens is 1. The van der Waals surface area contributed by atoms with Crippen LogP contribution < -0.4 is 20.5 Å². The highest BCUT2D eigenvalue weighted by atomic mass is 28.4. The fourth-order valence-corrected chi connectivity index (χ4v) is 9.73. The van der Waals surface area contributed by atoms with Crippen molar-refractivity contribution in [2.45, 2.75) is 83.2 Å². The number of phenolic OH excluding ortho intramolecular Hbond substituents is 1. The summed E-state index contributed by atoms with van der Waals surface area (Å²) in [5.74, 6) is 1.24. The van der Waals surface area contributed by atoms with Crippen molar-refractivity contribution in [3.8, 4) is 22.6 Å². The third-order valence-electron chi connectivity index (χ3n) is 12.8. The summed E-state index contributed by atoms with van der Waals surface area (Å²) < 4.78 is 13.2. The first-order valence-corrected chi connectivity index (χ1v) is 24.1. The molecular formula is C48H60N4O6Si. The third-order valence-corrected chi connectivity index (χ3v) is 17.2. The van der Waals surface area contributed by atoms with E-state index in [4.69, 9.17) is 9.16 Å². The first-order valence-electron chi connectivity index (χ1n) is 21.2. The van der Waals surface area contributed by atoms with E-state index in [2.05, 4.69) is 91.5 Å². The molecule has 4 N–H and O–H groups in total. The number of fused-ring (bicyclic) bond motifs is 4. The van der Waals surface area contributed by atoms with Crippen molar-refractivity contribution in [1.29, 1.82) is 0 Å². The lowest BCUT2D eigenvalue weighted by Crippen LogP contribution is -2.59. The second-order valence-electron chi connectivity index (χ2n) is 17.8. The highest BCUT2D eigenvalue weighted by molar-refractivity contribution is 6.74. The Morgan fingerprint density at radius 2 is 1.71 bits per heavy atom. The molecule has 0 saturated carbocycles. The zero-order valence-corrected chi connectivity index (χ0v) is 36.2. The Kier molecular flexibility index (Phi) is 13.0. The molecule has 2 bridgehead atoms. The van der Waals surface area contributed by atoms with E-state index in [1.165, 1.54) is 6.07 Å². The van der Waals surface area contributed by atoms with Gasteiger partial charge in [0.25, 0.3) is 0 Å². The van der Waals surface area contributed by atoms with Crippen LogP contribution in [0.3, 0.4) is 0 Å². The molecule has 3 saturated heterocycles. The SMILES string of the molecule is CC(C)(C)[Si](C)(C)O[C@H](CNCCc1cccc(OCCCc2ccc(-c3ccccc3)c(N(C(=O)O)[C@H]3CN4CCC3CC4)c2)c1)c1ccc(O)c2[nH]c(=O)ccc12. The van der Waals surface area contributed by atoms with Gasteiger partial charge in [0.15, 0.2) is 8.32 Å². The molecule has 2 atom stereocenters. The zero-order chi connectivity index (χ0) is 41.7. The Bertz CT molecular complexity index is 2280. The number of piperidine rings is 3. The number of aromatic nitrogens is 1. The van der Waals surface area contributed by atoms with Gasteiger partial charge in [-0.1, -0.05) is 81.4 Å². The first-order chi connectivity index (χ1) is 28.3. The molecule has 5 aromatic rings. The fraction of sp³-hybridized carbons (Fsp3) is 0.417. The van der Waals surface area contributed by atoms with E-state index in [1.54, 1.807) is 17.0 Å². The molecule has 8 rings (SSSR count). The van der Waals surface area contributed by atoms with E-state index in [0.29, 0.717) is 24.6 Å².